The molecule has 0 saturated carbocycles. The van der Waals surface area contributed by atoms with Crippen LogP contribution in [0.2, 0.25) is 0 Å². The fourth-order valence-electron chi connectivity index (χ4n) is 11.5. The summed E-state index contributed by atoms with van der Waals surface area (Å²) in [6, 6.07) is 67.7. The van der Waals surface area contributed by atoms with Crippen molar-refractivity contribution in [3.8, 4) is 22.3 Å². The number of benzene rings is 9. The molecule has 11 aromatic rings. The van der Waals surface area contributed by atoms with Crippen molar-refractivity contribution in [1.29, 1.82) is 0 Å². The normalized spacial score (nSPS) is 13.6. The molecule has 0 amide bonds. The number of nitrogens with zero attached hydrogens (tertiary/aromatic N) is 2. The van der Waals surface area contributed by atoms with Gasteiger partial charge in [-0.25, -0.2) is 0 Å². The van der Waals surface area contributed by atoms with E-state index in [-0.39, 0.29) is 23.0 Å². The Labute approximate surface area is 417 Å². The molecule has 0 radical (unpaired) electrons. The Morgan fingerprint density at radius 3 is 1.38 bits per heavy atom. The maximum Gasteiger partial charge on any atom is 0.252 e. The maximum absolute atomic E-state index is 6.72. The zero-order chi connectivity index (χ0) is 48.7. The van der Waals surface area contributed by atoms with Crippen molar-refractivity contribution in [2.45, 2.75) is 78.6 Å². The lowest BCUT2D eigenvalue weighted by atomic mass is 9.33. The van der Waals surface area contributed by atoms with Crippen LogP contribution >= 0.6 is 0 Å². The zero-order valence-corrected chi connectivity index (χ0v) is 42.1. The number of para-hydroxylation sites is 4. The van der Waals surface area contributed by atoms with E-state index in [1.54, 1.807) is 0 Å². The quantitative estimate of drug-likeness (QED) is 0.165. The Balaban J connectivity index is 1.08. The van der Waals surface area contributed by atoms with Gasteiger partial charge in [-0.1, -0.05) is 184 Å². The molecule has 0 atom stereocenters. The van der Waals surface area contributed by atoms with Crippen LogP contribution < -0.4 is 26.2 Å². The highest BCUT2D eigenvalue weighted by molar-refractivity contribution is 7.00. The van der Waals surface area contributed by atoms with Gasteiger partial charge in [-0.2, -0.15) is 0 Å². The highest BCUT2D eigenvalue weighted by Crippen LogP contribution is 2.48. The summed E-state index contributed by atoms with van der Waals surface area (Å²) in [5.41, 5.74) is 22.7. The fraction of sp³-hybridized carbons (Fsp3) is 0.182. The van der Waals surface area contributed by atoms with Gasteiger partial charge in [0.25, 0.3) is 6.71 Å². The van der Waals surface area contributed by atoms with Crippen LogP contribution in [0.1, 0.15) is 79.0 Å². The van der Waals surface area contributed by atoms with Crippen molar-refractivity contribution in [3.63, 3.8) is 0 Å². The molecule has 0 spiro atoms. The van der Waals surface area contributed by atoms with Gasteiger partial charge in [0.15, 0.2) is 0 Å². The predicted octanol–water partition coefficient (Wildman–Crippen LogP) is 16.8. The van der Waals surface area contributed by atoms with Crippen LogP contribution in [-0.2, 0) is 16.2 Å². The molecule has 4 nitrogen and oxygen atoms in total. The number of fused-ring (bicyclic) bond motifs is 10. The molecular weight excluding hydrogens is 864 g/mol. The number of anilines is 6. The summed E-state index contributed by atoms with van der Waals surface area (Å²) in [6.45, 7) is 20.8. The second kappa shape index (κ2) is 15.4. The fourth-order valence-corrected chi connectivity index (χ4v) is 11.5. The third-order valence-electron chi connectivity index (χ3n) is 15.3. The monoisotopic (exact) mass is 920 g/mol. The van der Waals surface area contributed by atoms with E-state index in [0.29, 0.717) is 0 Å². The van der Waals surface area contributed by atoms with Crippen molar-refractivity contribution in [1.82, 2.24) is 0 Å². The molecular formula is C66H57BN2O2. The van der Waals surface area contributed by atoms with Gasteiger partial charge in [-0.3, -0.25) is 0 Å². The van der Waals surface area contributed by atoms with Gasteiger partial charge in [0, 0.05) is 66.8 Å². The number of rotatable bonds is 4. The molecule has 0 unspecified atom stereocenters. The van der Waals surface area contributed by atoms with Gasteiger partial charge in [0.2, 0.25) is 0 Å². The summed E-state index contributed by atoms with van der Waals surface area (Å²) in [4.78, 5) is 5.10. The summed E-state index contributed by atoms with van der Waals surface area (Å²) < 4.78 is 13.3. The van der Waals surface area contributed by atoms with Crippen LogP contribution in [0, 0.1) is 0 Å². The Bertz CT molecular complexity index is 3950. The minimum absolute atomic E-state index is 0.0247. The lowest BCUT2D eigenvalue weighted by Gasteiger charge is -2.45. The predicted molar refractivity (Wildman–Crippen MR) is 302 cm³/mol. The van der Waals surface area contributed by atoms with Crippen molar-refractivity contribution in [3.05, 3.63) is 199 Å². The second-order valence-electron chi connectivity index (χ2n) is 23.0. The molecule has 346 valence electrons. The van der Waals surface area contributed by atoms with E-state index in [1.807, 2.05) is 6.07 Å². The second-order valence-corrected chi connectivity index (χ2v) is 23.0. The summed E-state index contributed by atoms with van der Waals surface area (Å²) in [5, 5.41) is 4.53. The van der Waals surface area contributed by atoms with Crippen LogP contribution in [0.3, 0.4) is 0 Å². The first-order valence-electron chi connectivity index (χ1n) is 25.2. The topological polar surface area (TPSA) is 32.8 Å². The molecule has 13 rings (SSSR count). The van der Waals surface area contributed by atoms with E-state index in [0.717, 1.165) is 77.5 Å². The van der Waals surface area contributed by atoms with Crippen LogP contribution in [0.5, 0.6) is 0 Å². The Morgan fingerprint density at radius 2 is 0.817 bits per heavy atom. The third-order valence-corrected chi connectivity index (χ3v) is 15.3. The van der Waals surface area contributed by atoms with Gasteiger partial charge in [0.1, 0.15) is 22.3 Å². The third kappa shape index (κ3) is 6.80. The number of furan rings is 2. The van der Waals surface area contributed by atoms with Crippen molar-refractivity contribution >= 4 is 101 Å². The van der Waals surface area contributed by atoms with Gasteiger partial charge < -0.3 is 18.6 Å². The lowest BCUT2D eigenvalue weighted by molar-refractivity contribution is 0.589. The van der Waals surface area contributed by atoms with Gasteiger partial charge >= 0.3 is 0 Å². The van der Waals surface area contributed by atoms with Crippen LogP contribution in [-0.4, -0.2) is 6.71 Å². The molecule has 0 N–H and O–H groups in total. The zero-order valence-electron chi connectivity index (χ0n) is 42.1. The average Bonchev–Trinajstić information content (AvgIpc) is 3.94. The standard InChI is InChI=1S/C66H57BN2O2/c1-64(2,3)42-27-32-46(33-28-42)69-56-37-43(65(4,5)6)29-34-53(56)67-54-36-41(48-19-15-21-52-50-17-11-13-23-60(50)71-63(48)52)26-35-55(54)68(57-38-44(66(7,8)9)39-58(69)61(57)67)45-30-24-40(25-31-45)47-18-14-20-51-49-16-10-12-22-59(49)70-62(47)51/h10-39H,1-9H3. The van der Waals surface area contributed by atoms with E-state index in [4.69, 9.17) is 8.83 Å². The highest BCUT2D eigenvalue weighted by Gasteiger charge is 2.45. The summed E-state index contributed by atoms with van der Waals surface area (Å²) in [6.07, 6.45) is 0. The number of hydrogen-bond donors (Lipinski definition) is 0. The first-order chi connectivity index (χ1) is 34.1. The van der Waals surface area contributed by atoms with Crippen LogP contribution in [0.25, 0.3) is 66.1 Å². The van der Waals surface area contributed by atoms with Crippen LogP contribution in [0.15, 0.2) is 191 Å². The van der Waals surface area contributed by atoms with Gasteiger partial charge in [-0.15, -0.1) is 0 Å². The minimum Gasteiger partial charge on any atom is -0.455 e. The van der Waals surface area contributed by atoms with E-state index in [9.17, 15) is 0 Å². The van der Waals surface area contributed by atoms with E-state index < -0.39 is 0 Å². The summed E-state index contributed by atoms with van der Waals surface area (Å²) in [5.74, 6) is 0. The maximum atomic E-state index is 6.72. The smallest absolute Gasteiger partial charge is 0.252 e. The Kier molecular flexibility index (Phi) is 9.37. The number of hydrogen-bond acceptors (Lipinski definition) is 4. The molecule has 5 heteroatoms. The largest absolute Gasteiger partial charge is 0.455 e. The summed E-state index contributed by atoms with van der Waals surface area (Å²) in [7, 11) is 0. The summed E-state index contributed by atoms with van der Waals surface area (Å²) >= 11 is 0. The molecule has 0 fully saturated rings. The SMILES string of the molecule is CC(C)(C)c1ccc(N2c3cc(C(C)(C)C)ccc3B3c4cc(-c5cccc6c5oc5ccccc56)ccc4N(c4ccc(-c5cccc6c5oc5ccccc56)cc4)c4cc(C(C)(C)C)cc2c43)cc1. The van der Waals surface area contributed by atoms with Gasteiger partial charge in [0.05, 0.1) is 0 Å². The van der Waals surface area contributed by atoms with Gasteiger partial charge in [-0.05, 0) is 121 Å². The Hall–Kier alpha value is -7.76. The van der Waals surface area contributed by atoms with Crippen LogP contribution in [0.4, 0.5) is 34.1 Å². The Morgan fingerprint density at radius 1 is 0.352 bits per heavy atom. The molecule has 2 aliphatic rings. The minimum atomic E-state index is -0.146. The highest BCUT2D eigenvalue weighted by atomic mass is 16.3. The average molecular weight is 921 g/mol. The molecule has 4 heterocycles. The molecule has 2 aromatic heterocycles. The lowest BCUT2D eigenvalue weighted by Crippen LogP contribution is -2.61. The molecule has 0 bridgehead atoms. The molecule has 0 aliphatic carbocycles. The molecule has 2 aliphatic heterocycles. The van der Waals surface area contributed by atoms with E-state index in [1.165, 1.54) is 55.8 Å². The van der Waals surface area contributed by atoms with E-state index >= 15 is 0 Å². The molecule has 0 saturated heterocycles. The van der Waals surface area contributed by atoms with E-state index in [2.05, 4.69) is 248 Å². The van der Waals surface area contributed by atoms with Crippen molar-refractivity contribution in [2.24, 2.45) is 0 Å². The van der Waals surface area contributed by atoms with Crippen molar-refractivity contribution in [2.75, 3.05) is 9.80 Å². The first-order valence-corrected chi connectivity index (χ1v) is 25.2. The molecule has 71 heavy (non-hydrogen) atoms. The first kappa shape index (κ1) is 43.3. The molecule has 9 aromatic carbocycles. The van der Waals surface area contributed by atoms with Crippen molar-refractivity contribution < 1.29 is 8.83 Å².